The molecule has 1 aromatic rings. The smallest absolute Gasteiger partial charge is 0.303 e. The number of furan rings is 1. The summed E-state index contributed by atoms with van der Waals surface area (Å²) in [7, 11) is 0. The summed E-state index contributed by atoms with van der Waals surface area (Å²) in [5.41, 5.74) is 0.887. The first-order chi connectivity index (χ1) is 16.8. The lowest BCUT2D eigenvalue weighted by Gasteiger charge is -2.69. The molecule has 0 unspecified atom stereocenters. The highest BCUT2D eigenvalue weighted by Crippen LogP contribution is 2.74. The molecule has 0 radical (unpaired) electrons. The maximum absolute atomic E-state index is 13.3. The number of hydrogen-bond donors (Lipinski definition) is 0. The second-order valence-corrected chi connectivity index (χ2v) is 13.0. The fourth-order valence-corrected chi connectivity index (χ4v) is 9.58. The minimum Gasteiger partial charge on any atom is -0.472 e. The molecular weight excluding hydrogens is 456 g/mol. The predicted molar refractivity (Wildman–Crippen MR) is 134 cm³/mol. The zero-order valence-electron chi connectivity index (χ0n) is 22.7. The van der Waals surface area contributed by atoms with E-state index in [0.29, 0.717) is 6.42 Å². The molecule has 5 rings (SSSR count). The third-order valence-electron chi connectivity index (χ3n) is 10.9. The van der Waals surface area contributed by atoms with Crippen LogP contribution < -0.4 is 0 Å². The number of carbonyl (C=O) groups is 3. The van der Waals surface area contributed by atoms with Gasteiger partial charge in [-0.2, -0.15) is 0 Å². The van der Waals surface area contributed by atoms with Crippen LogP contribution in [0.15, 0.2) is 34.7 Å². The molecule has 36 heavy (non-hydrogen) atoms. The van der Waals surface area contributed by atoms with Crippen molar-refractivity contribution in [3.05, 3.63) is 35.8 Å². The lowest BCUT2D eigenvalue weighted by Crippen LogP contribution is -2.71. The van der Waals surface area contributed by atoms with Gasteiger partial charge < -0.3 is 13.9 Å². The molecular formula is C30H40O6. The Hall–Kier alpha value is -2.37. The number of rotatable bonds is 3. The summed E-state index contributed by atoms with van der Waals surface area (Å²) < 4.78 is 17.8. The van der Waals surface area contributed by atoms with Gasteiger partial charge in [-0.05, 0) is 60.0 Å². The van der Waals surface area contributed by atoms with Crippen molar-refractivity contribution in [2.45, 2.75) is 98.7 Å². The van der Waals surface area contributed by atoms with E-state index in [0.717, 1.165) is 25.7 Å². The first-order valence-electron chi connectivity index (χ1n) is 13.4. The average Bonchev–Trinajstić information content (AvgIpc) is 3.41. The SMILES string of the molecule is CC(=O)O[C@H]1[C@@H](OC(C)=O)[C@@]2(C)C3=CC[C@@H](c4ccoc4)[C@]3(C)CC[C@@H]2[C@@]2(C)CCC(=O)C(C)(C)[C@H]12. The van der Waals surface area contributed by atoms with E-state index in [2.05, 4.69) is 32.9 Å². The number of ether oxygens (including phenoxy) is 2. The highest BCUT2D eigenvalue weighted by Gasteiger charge is 2.73. The van der Waals surface area contributed by atoms with Crippen LogP contribution in [0.4, 0.5) is 0 Å². The second kappa shape index (κ2) is 8.06. The molecule has 0 aromatic carbocycles. The monoisotopic (exact) mass is 496 g/mol. The number of hydrogen-bond acceptors (Lipinski definition) is 6. The Morgan fingerprint density at radius 3 is 2.33 bits per heavy atom. The van der Waals surface area contributed by atoms with Gasteiger partial charge >= 0.3 is 11.9 Å². The molecule has 8 atom stereocenters. The molecule has 1 aromatic heterocycles. The number of Topliss-reactive ketones (excluding diaryl/α,β-unsaturated/α-hetero) is 1. The third kappa shape index (κ3) is 3.24. The van der Waals surface area contributed by atoms with Crippen LogP contribution in [0.25, 0.3) is 0 Å². The highest BCUT2D eigenvalue weighted by atomic mass is 16.6. The van der Waals surface area contributed by atoms with Gasteiger partial charge in [0.1, 0.15) is 18.0 Å². The summed E-state index contributed by atoms with van der Waals surface area (Å²) in [4.78, 5) is 38.3. The molecule has 4 aliphatic carbocycles. The van der Waals surface area contributed by atoms with Crippen molar-refractivity contribution in [2.75, 3.05) is 0 Å². The van der Waals surface area contributed by atoms with Gasteiger partial charge in [-0.15, -0.1) is 0 Å². The lowest BCUT2D eigenvalue weighted by molar-refractivity contribution is -0.252. The van der Waals surface area contributed by atoms with Crippen molar-refractivity contribution in [3.63, 3.8) is 0 Å². The summed E-state index contributed by atoms with van der Waals surface area (Å²) in [6.45, 7) is 13.7. The zero-order chi connectivity index (χ0) is 26.3. The average molecular weight is 497 g/mol. The lowest BCUT2D eigenvalue weighted by atomic mass is 9.36. The minimum absolute atomic E-state index is 0.127. The molecule has 0 N–H and O–H groups in total. The Bertz CT molecular complexity index is 1110. The van der Waals surface area contributed by atoms with E-state index in [9.17, 15) is 14.4 Å². The molecule has 0 bridgehead atoms. The van der Waals surface area contributed by atoms with Crippen LogP contribution in [0.3, 0.4) is 0 Å². The Morgan fingerprint density at radius 2 is 1.72 bits per heavy atom. The van der Waals surface area contributed by atoms with Crippen LogP contribution in [-0.4, -0.2) is 29.9 Å². The van der Waals surface area contributed by atoms with Gasteiger partial charge in [-0.3, -0.25) is 14.4 Å². The van der Waals surface area contributed by atoms with Crippen molar-refractivity contribution in [1.82, 2.24) is 0 Å². The Morgan fingerprint density at radius 1 is 1.03 bits per heavy atom. The maximum atomic E-state index is 13.3. The van der Waals surface area contributed by atoms with Gasteiger partial charge in [0.25, 0.3) is 0 Å². The summed E-state index contributed by atoms with van der Waals surface area (Å²) in [5.74, 6) is -0.393. The Labute approximate surface area is 214 Å². The molecule has 0 saturated heterocycles. The van der Waals surface area contributed by atoms with Crippen LogP contribution in [0.2, 0.25) is 0 Å². The molecule has 3 saturated carbocycles. The minimum atomic E-state index is -0.701. The van der Waals surface area contributed by atoms with Crippen molar-refractivity contribution < 1.29 is 28.3 Å². The van der Waals surface area contributed by atoms with Crippen LogP contribution in [0, 0.1) is 33.5 Å². The van der Waals surface area contributed by atoms with Crippen LogP contribution in [0.5, 0.6) is 0 Å². The van der Waals surface area contributed by atoms with Crippen LogP contribution >= 0.6 is 0 Å². The number of allylic oxidation sites excluding steroid dienone is 1. The highest BCUT2D eigenvalue weighted by molar-refractivity contribution is 5.86. The second-order valence-electron chi connectivity index (χ2n) is 13.0. The van der Waals surface area contributed by atoms with Crippen molar-refractivity contribution in [2.24, 2.45) is 33.5 Å². The molecule has 0 amide bonds. The van der Waals surface area contributed by atoms with Crippen LogP contribution in [0.1, 0.15) is 92.1 Å². The van der Waals surface area contributed by atoms with E-state index in [4.69, 9.17) is 13.9 Å². The van der Waals surface area contributed by atoms with Gasteiger partial charge in [0.05, 0.1) is 12.5 Å². The zero-order valence-corrected chi connectivity index (χ0v) is 22.7. The van der Waals surface area contributed by atoms with E-state index in [-0.39, 0.29) is 34.4 Å². The quantitative estimate of drug-likeness (QED) is 0.377. The third-order valence-corrected chi connectivity index (χ3v) is 10.9. The summed E-state index contributed by atoms with van der Waals surface area (Å²) in [6.07, 6.45) is 8.70. The number of esters is 2. The van der Waals surface area contributed by atoms with Crippen molar-refractivity contribution in [1.29, 1.82) is 0 Å². The normalized spacial score (nSPS) is 43.0. The van der Waals surface area contributed by atoms with E-state index in [1.54, 1.807) is 6.26 Å². The first kappa shape index (κ1) is 25.3. The largest absolute Gasteiger partial charge is 0.472 e. The standard InChI is InChI=1S/C30H40O6/c1-17(31)35-24-25-27(3,4)23(33)11-14-29(25,6)22-10-13-28(5)20(19-12-15-34-16-19)8-9-21(28)30(22,7)26(24)36-18(2)32/h9,12,15-16,20,22,24-26H,8,10-11,13-14H2,1-7H3/t20-,22+,24+,25-,26+,28-,29+,30-/m0/s1. The van der Waals surface area contributed by atoms with Crippen molar-refractivity contribution >= 4 is 17.7 Å². The molecule has 1 heterocycles. The van der Waals surface area contributed by atoms with Gasteiger partial charge in [0.2, 0.25) is 0 Å². The van der Waals surface area contributed by atoms with E-state index >= 15 is 0 Å². The predicted octanol–water partition coefficient (Wildman–Crippen LogP) is 6.00. The molecule has 6 heteroatoms. The summed E-state index contributed by atoms with van der Waals surface area (Å²) in [6, 6.07) is 2.06. The Balaban J connectivity index is 1.71. The van der Waals surface area contributed by atoms with Gasteiger partial charge in [-0.25, -0.2) is 0 Å². The van der Waals surface area contributed by atoms with E-state index < -0.39 is 35.0 Å². The topological polar surface area (TPSA) is 82.8 Å². The molecule has 3 fully saturated rings. The Kier molecular flexibility index (Phi) is 5.66. The fourth-order valence-electron chi connectivity index (χ4n) is 9.58. The molecule has 6 nitrogen and oxygen atoms in total. The summed E-state index contributed by atoms with van der Waals surface area (Å²) >= 11 is 0. The van der Waals surface area contributed by atoms with E-state index in [1.807, 2.05) is 20.1 Å². The number of fused-ring (bicyclic) bond motifs is 5. The van der Waals surface area contributed by atoms with Gasteiger partial charge in [0.15, 0.2) is 0 Å². The molecule has 4 aliphatic rings. The molecule has 196 valence electrons. The van der Waals surface area contributed by atoms with Gasteiger partial charge in [-0.1, -0.05) is 46.3 Å². The van der Waals surface area contributed by atoms with Crippen molar-refractivity contribution in [3.8, 4) is 0 Å². The van der Waals surface area contributed by atoms with E-state index in [1.165, 1.54) is 25.0 Å². The maximum Gasteiger partial charge on any atom is 0.303 e. The fraction of sp³-hybridized carbons (Fsp3) is 0.700. The van der Waals surface area contributed by atoms with Crippen LogP contribution in [-0.2, 0) is 23.9 Å². The van der Waals surface area contributed by atoms with Gasteiger partial charge in [0, 0.05) is 37.0 Å². The number of carbonyl (C=O) groups excluding carboxylic acids is 3. The summed E-state index contributed by atoms with van der Waals surface area (Å²) in [5, 5.41) is 0. The molecule has 0 spiro atoms. The number of ketones is 1. The first-order valence-corrected chi connectivity index (χ1v) is 13.4. The molecule has 0 aliphatic heterocycles.